The van der Waals surface area contributed by atoms with Crippen LogP contribution in [0.15, 0.2) is 47.3 Å². The van der Waals surface area contributed by atoms with Crippen LogP contribution in [0.5, 0.6) is 0 Å². The third-order valence-corrected chi connectivity index (χ3v) is 5.34. The van der Waals surface area contributed by atoms with Gasteiger partial charge in [-0.25, -0.2) is 14.2 Å². The normalized spacial score (nSPS) is 11.5. The molecule has 0 aliphatic rings. The largest absolute Gasteiger partial charge is 0.375 e. The summed E-state index contributed by atoms with van der Waals surface area (Å²) in [6, 6.07) is 11.7. The van der Waals surface area contributed by atoms with Gasteiger partial charge in [0.15, 0.2) is 0 Å². The number of H-pyrrole nitrogens is 1. The number of imidazole rings is 2. The molecule has 0 spiro atoms. The second kappa shape index (κ2) is 9.03. The van der Waals surface area contributed by atoms with E-state index in [9.17, 15) is 14.0 Å². The van der Waals surface area contributed by atoms with Gasteiger partial charge in [-0.2, -0.15) is 0 Å². The Morgan fingerprint density at radius 3 is 2.52 bits per heavy atom. The Hall–Kier alpha value is -3.72. The molecule has 0 fully saturated rings. The second-order valence-corrected chi connectivity index (χ2v) is 8.35. The first-order valence-electron chi connectivity index (χ1n) is 10.6. The average molecular weight is 452 g/mol. The minimum atomic E-state index is -0.355. The minimum Gasteiger partial charge on any atom is -0.375 e. The summed E-state index contributed by atoms with van der Waals surface area (Å²) in [6.07, 6.45) is 0. The molecule has 0 aliphatic heterocycles. The molecule has 0 unspecified atom stereocenters. The van der Waals surface area contributed by atoms with Crippen LogP contribution in [0, 0.1) is 11.7 Å². The molecule has 2 aromatic carbocycles. The summed E-state index contributed by atoms with van der Waals surface area (Å²) in [7, 11) is 3.18. The predicted molar refractivity (Wildman–Crippen MR) is 125 cm³/mol. The number of anilines is 1. The minimum absolute atomic E-state index is 0.0795. The van der Waals surface area contributed by atoms with Gasteiger partial charge in [0, 0.05) is 31.8 Å². The van der Waals surface area contributed by atoms with Gasteiger partial charge >= 0.3 is 5.69 Å². The molecule has 2 heterocycles. The molecule has 2 N–H and O–H groups in total. The third-order valence-electron chi connectivity index (χ3n) is 5.34. The van der Waals surface area contributed by atoms with E-state index in [1.165, 1.54) is 19.2 Å². The molecule has 172 valence electrons. The monoisotopic (exact) mass is 451 g/mol. The first-order valence-corrected chi connectivity index (χ1v) is 10.6. The van der Waals surface area contributed by atoms with Crippen LogP contribution < -0.4 is 11.0 Å². The SMILES string of the molecule is COCC(=O)Nc1nc(-c2ccc3c(c2)n(C)c(=O)n3CC(C)C)c(-c2ccc(F)cc2)[nH]1. The Labute approximate surface area is 190 Å². The van der Waals surface area contributed by atoms with E-state index in [1.54, 1.807) is 28.3 Å². The number of benzene rings is 2. The molecule has 0 saturated carbocycles. The molecule has 2 aromatic heterocycles. The summed E-state index contributed by atoms with van der Waals surface area (Å²) in [5, 5.41) is 2.67. The van der Waals surface area contributed by atoms with E-state index in [2.05, 4.69) is 29.1 Å². The summed E-state index contributed by atoms with van der Waals surface area (Å²) < 4.78 is 21.8. The maximum atomic E-state index is 13.5. The molecule has 9 heteroatoms. The van der Waals surface area contributed by atoms with Crippen molar-refractivity contribution >= 4 is 22.9 Å². The topological polar surface area (TPSA) is 93.9 Å². The van der Waals surface area contributed by atoms with E-state index < -0.39 is 0 Å². The third kappa shape index (κ3) is 4.45. The Morgan fingerprint density at radius 2 is 1.85 bits per heavy atom. The molecule has 0 bridgehead atoms. The smallest absolute Gasteiger partial charge is 0.328 e. The van der Waals surface area contributed by atoms with Gasteiger partial charge < -0.3 is 9.72 Å². The number of nitrogens with one attached hydrogen (secondary N) is 2. The number of amides is 1. The number of nitrogens with zero attached hydrogens (tertiary/aromatic N) is 3. The summed E-state index contributed by atoms with van der Waals surface area (Å²) in [5.41, 5.74) is 4.18. The van der Waals surface area contributed by atoms with Crippen LogP contribution in [0.1, 0.15) is 13.8 Å². The summed E-state index contributed by atoms with van der Waals surface area (Å²) in [6.45, 7) is 4.64. The van der Waals surface area contributed by atoms with Crippen LogP contribution in [0.3, 0.4) is 0 Å². The molecular weight excluding hydrogens is 425 g/mol. The molecule has 0 radical (unpaired) electrons. The molecule has 0 aliphatic carbocycles. The van der Waals surface area contributed by atoms with E-state index in [-0.39, 0.29) is 30.0 Å². The van der Waals surface area contributed by atoms with Crippen LogP contribution in [0.25, 0.3) is 33.5 Å². The number of carbonyl (C=O) groups excluding carboxylic acids is 1. The molecule has 0 atom stereocenters. The number of halogens is 1. The number of aryl methyl sites for hydroxylation is 1. The zero-order chi connectivity index (χ0) is 23.7. The van der Waals surface area contributed by atoms with Crippen molar-refractivity contribution in [2.45, 2.75) is 20.4 Å². The van der Waals surface area contributed by atoms with Crippen molar-refractivity contribution in [3.8, 4) is 22.5 Å². The van der Waals surface area contributed by atoms with Crippen molar-refractivity contribution in [3.63, 3.8) is 0 Å². The number of carbonyl (C=O) groups is 1. The van der Waals surface area contributed by atoms with Gasteiger partial charge in [0.1, 0.15) is 12.4 Å². The summed E-state index contributed by atoms with van der Waals surface area (Å²) in [5.74, 6) is -0.135. The van der Waals surface area contributed by atoms with Crippen LogP contribution in [-0.2, 0) is 23.1 Å². The van der Waals surface area contributed by atoms with Crippen molar-refractivity contribution in [1.82, 2.24) is 19.1 Å². The summed E-state index contributed by atoms with van der Waals surface area (Å²) >= 11 is 0. The fourth-order valence-corrected chi connectivity index (χ4v) is 3.86. The average Bonchev–Trinajstić information content (AvgIpc) is 3.29. The molecule has 0 saturated heterocycles. The van der Waals surface area contributed by atoms with Crippen molar-refractivity contribution in [2.75, 3.05) is 19.0 Å². The maximum Gasteiger partial charge on any atom is 0.328 e. The van der Waals surface area contributed by atoms with Gasteiger partial charge in [0.25, 0.3) is 5.91 Å². The molecule has 8 nitrogen and oxygen atoms in total. The summed E-state index contributed by atoms with van der Waals surface area (Å²) in [4.78, 5) is 32.5. The fourth-order valence-electron chi connectivity index (χ4n) is 3.86. The lowest BCUT2D eigenvalue weighted by molar-refractivity contribution is -0.119. The van der Waals surface area contributed by atoms with Gasteiger partial charge in [-0.05, 0) is 42.3 Å². The Morgan fingerprint density at radius 1 is 1.15 bits per heavy atom. The van der Waals surface area contributed by atoms with Gasteiger partial charge in [0.05, 0.1) is 22.4 Å². The van der Waals surface area contributed by atoms with Crippen LogP contribution in [0.4, 0.5) is 10.3 Å². The highest BCUT2D eigenvalue weighted by molar-refractivity contribution is 5.92. The van der Waals surface area contributed by atoms with E-state index in [4.69, 9.17) is 4.74 Å². The van der Waals surface area contributed by atoms with E-state index in [0.29, 0.717) is 29.4 Å². The van der Waals surface area contributed by atoms with Crippen molar-refractivity contribution in [1.29, 1.82) is 0 Å². The highest BCUT2D eigenvalue weighted by atomic mass is 19.1. The zero-order valence-corrected chi connectivity index (χ0v) is 19.0. The number of methoxy groups -OCH3 is 1. The number of rotatable bonds is 7. The van der Waals surface area contributed by atoms with Gasteiger partial charge in [-0.3, -0.25) is 19.2 Å². The Bertz CT molecular complexity index is 1370. The van der Waals surface area contributed by atoms with Crippen LogP contribution >= 0.6 is 0 Å². The first kappa shape index (κ1) is 22.5. The van der Waals surface area contributed by atoms with Crippen molar-refractivity contribution in [3.05, 3.63) is 58.8 Å². The standard InChI is InChI=1S/C24H26FN5O3/c1-14(2)12-30-18-10-7-16(11-19(18)29(3)24(30)32)22-21(15-5-8-17(25)9-6-15)27-23(28-22)26-20(31)13-33-4/h5-11,14H,12-13H2,1-4H3,(H2,26,27,28,31). The molecule has 4 rings (SSSR count). The first-order chi connectivity index (χ1) is 15.8. The quantitative estimate of drug-likeness (QED) is 0.447. The number of aromatic amines is 1. The molecule has 1 amide bonds. The number of aromatic nitrogens is 4. The predicted octanol–water partition coefficient (Wildman–Crippen LogP) is 3.78. The fraction of sp³-hybridized carbons (Fsp3) is 0.292. The lowest BCUT2D eigenvalue weighted by Gasteiger charge is -2.07. The van der Waals surface area contributed by atoms with E-state index in [1.807, 2.05) is 18.2 Å². The van der Waals surface area contributed by atoms with Crippen molar-refractivity contribution in [2.24, 2.45) is 13.0 Å². The van der Waals surface area contributed by atoms with Gasteiger partial charge in [-0.15, -0.1) is 0 Å². The number of ether oxygens (including phenoxy) is 1. The lowest BCUT2D eigenvalue weighted by atomic mass is 10.0. The number of fused-ring (bicyclic) bond motifs is 1. The molecule has 4 aromatic rings. The second-order valence-electron chi connectivity index (χ2n) is 8.35. The van der Waals surface area contributed by atoms with Gasteiger partial charge in [0.2, 0.25) is 5.95 Å². The molecule has 33 heavy (non-hydrogen) atoms. The highest BCUT2D eigenvalue weighted by Gasteiger charge is 2.18. The number of hydrogen-bond acceptors (Lipinski definition) is 4. The molecular formula is C24H26FN5O3. The van der Waals surface area contributed by atoms with Crippen LogP contribution in [0.2, 0.25) is 0 Å². The van der Waals surface area contributed by atoms with Crippen LogP contribution in [-0.4, -0.2) is 38.7 Å². The Balaban J connectivity index is 1.85. The number of hydrogen-bond donors (Lipinski definition) is 2. The van der Waals surface area contributed by atoms with E-state index >= 15 is 0 Å². The maximum absolute atomic E-state index is 13.5. The van der Waals surface area contributed by atoms with E-state index in [0.717, 1.165) is 16.6 Å². The van der Waals surface area contributed by atoms with Crippen molar-refractivity contribution < 1.29 is 13.9 Å². The lowest BCUT2D eigenvalue weighted by Crippen LogP contribution is -2.24. The highest BCUT2D eigenvalue weighted by Crippen LogP contribution is 2.33. The van der Waals surface area contributed by atoms with Gasteiger partial charge in [-0.1, -0.05) is 19.9 Å². The zero-order valence-electron chi connectivity index (χ0n) is 19.0. The Kier molecular flexibility index (Phi) is 6.15.